The summed E-state index contributed by atoms with van der Waals surface area (Å²) >= 11 is 0. The minimum atomic E-state index is -4.35. The van der Waals surface area contributed by atoms with Crippen molar-refractivity contribution in [2.24, 2.45) is 0 Å². The smallest absolute Gasteiger partial charge is 0.416 e. The van der Waals surface area contributed by atoms with Crippen LogP contribution in [0.25, 0.3) is 0 Å². The van der Waals surface area contributed by atoms with E-state index in [0.29, 0.717) is 24.1 Å². The second kappa shape index (κ2) is 8.17. The van der Waals surface area contributed by atoms with Crippen LogP contribution in [0.3, 0.4) is 0 Å². The maximum absolute atomic E-state index is 13.0. The van der Waals surface area contributed by atoms with Crippen LogP contribution in [0.5, 0.6) is 5.75 Å². The molecule has 1 N–H and O–H groups in total. The number of ether oxygens (including phenoxy) is 1. The molecule has 0 bridgehead atoms. The normalized spacial score (nSPS) is 20.3. The molecule has 27 heavy (non-hydrogen) atoms. The molecular weight excluding hydrogens is 355 g/mol. The van der Waals surface area contributed by atoms with E-state index in [1.54, 1.807) is 18.5 Å². The molecule has 0 aliphatic carbocycles. The highest BCUT2D eigenvalue weighted by atomic mass is 19.4. The Morgan fingerprint density at radius 3 is 2.59 bits per heavy atom. The second-order valence-corrected chi connectivity index (χ2v) is 6.72. The Labute approximate surface area is 157 Å². The SMILES string of the molecule is CCOc1ccncc1N(c1ccc(C(F)(F)F)cc1)C1CCNC(C)C1. The molecule has 1 saturated heterocycles. The summed E-state index contributed by atoms with van der Waals surface area (Å²) in [5, 5.41) is 3.42. The van der Waals surface area contributed by atoms with Gasteiger partial charge in [0.05, 0.1) is 18.4 Å². The highest BCUT2D eigenvalue weighted by Crippen LogP contribution is 2.39. The highest BCUT2D eigenvalue weighted by Gasteiger charge is 2.32. The van der Waals surface area contributed by atoms with E-state index in [1.807, 2.05) is 6.92 Å². The number of hydrogen-bond acceptors (Lipinski definition) is 4. The highest BCUT2D eigenvalue weighted by molar-refractivity contribution is 5.69. The van der Waals surface area contributed by atoms with E-state index in [1.165, 1.54) is 12.1 Å². The zero-order valence-electron chi connectivity index (χ0n) is 15.5. The van der Waals surface area contributed by atoms with Crippen LogP contribution in [0.4, 0.5) is 24.5 Å². The van der Waals surface area contributed by atoms with Gasteiger partial charge in [0.25, 0.3) is 0 Å². The molecule has 0 radical (unpaired) electrons. The fourth-order valence-corrected chi connectivity index (χ4v) is 3.53. The molecule has 1 fully saturated rings. The van der Waals surface area contributed by atoms with E-state index >= 15 is 0 Å². The van der Waals surface area contributed by atoms with Crippen molar-refractivity contribution in [3.8, 4) is 5.75 Å². The van der Waals surface area contributed by atoms with Crippen LogP contribution in [-0.4, -0.2) is 30.2 Å². The molecule has 1 aromatic heterocycles. The van der Waals surface area contributed by atoms with Gasteiger partial charge in [-0.25, -0.2) is 0 Å². The quantitative estimate of drug-likeness (QED) is 0.811. The van der Waals surface area contributed by atoms with Gasteiger partial charge in [-0.1, -0.05) is 0 Å². The Kier molecular flexibility index (Phi) is 5.89. The third-order valence-electron chi connectivity index (χ3n) is 4.75. The van der Waals surface area contributed by atoms with E-state index in [-0.39, 0.29) is 6.04 Å². The molecule has 2 atom stereocenters. The maximum Gasteiger partial charge on any atom is 0.416 e. The number of hydrogen-bond donors (Lipinski definition) is 1. The third-order valence-corrected chi connectivity index (χ3v) is 4.75. The predicted molar refractivity (Wildman–Crippen MR) is 99.5 cm³/mol. The number of halogens is 3. The summed E-state index contributed by atoms with van der Waals surface area (Å²) < 4.78 is 44.6. The molecule has 0 saturated carbocycles. The number of rotatable bonds is 5. The molecule has 2 unspecified atom stereocenters. The van der Waals surface area contributed by atoms with Gasteiger partial charge in [-0.05, 0) is 57.5 Å². The number of alkyl halides is 3. The van der Waals surface area contributed by atoms with Crippen LogP contribution in [0.15, 0.2) is 42.7 Å². The van der Waals surface area contributed by atoms with Crippen molar-refractivity contribution >= 4 is 11.4 Å². The number of nitrogens with one attached hydrogen (secondary N) is 1. The Morgan fingerprint density at radius 2 is 1.96 bits per heavy atom. The summed E-state index contributed by atoms with van der Waals surface area (Å²) in [6, 6.07) is 7.57. The van der Waals surface area contributed by atoms with E-state index in [4.69, 9.17) is 4.74 Å². The summed E-state index contributed by atoms with van der Waals surface area (Å²) in [6.07, 6.45) is 0.782. The number of aromatic nitrogens is 1. The first-order valence-corrected chi connectivity index (χ1v) is 9.17. The average molecular weight is 379 g/mol. The van der Waals surface area contributed by atoms with Gasteiger partial charge in [-0.2, -0.15) is 13.2 Å². The lowest BCUT2D eigenvalue weighted by atomic mass is 9.97. The minimum Gasteiger partial charge on any atom is -0.492 e. The predicted octanol–water partition coefficient (Wildman–Crippen LogP) is 4.78. The van der Waals surface area contributed by atoms with Gasteiger partial charge in [0.1, 0.15) is 11.4 Å². The van der Waals surface area contributed by atoms with Crippen molar-refractivity contribution in [1.29, 1.82) is 0 Å². The Balaban J connectivity index is 2.03. The van der Waals surface area contributed by atoms with Gasteiger partial charge in [-0.15, -0.1) is 0 Å². The van der Waals surface area contributed by atoms with Crippen LogP contribution in [0.1, 0.15) is 32.3 Å². The van der Waals surface area contributed by atoms with Crippen LogP contribution in [0.2, 0.25) is 0 Å². The molecule has 1 aliphatic heterocycles. The molecule has 0 spiro atoms. The van der Waals surface area contributed by atoms with E-state index in [9.17, 15) is 13.2 Å². The van der Waals surface area contributed by atoms with Gasteiger partial charge < -0.3 is 15.0 Å². The fourth-order valence-electron chi connectivity index (χ4n) is 3.53. The summed E-state index contributed by atoms with van der Waals surface area (Å²) in [7, 11) is 0. The zero-order chi connectivity index (χ0) is 19.4. The number of anilines is 2. The van der Waals surface area contributed by atoms with Gasteiger partial charge in [0, 0.05) is 30.0 Å². The molecule has 146 valence electrons. The number of nitrogens with zero attached hydrogens (tertiary/aromatic N) is 2. The monoisotopic (exact) mass is 379 g/mol. The second-order valence-electron chi connectivity index (χ2n) is 6.72. The molecule has 0 amide bonds. The van der Waals surface area contributed by atoms with Crippen LogP contribution in [-0.2, 0) is 6.18 Å². The van der Waals surface area contributed by atoms with Crippen molar-refractivity contribution < 1.29 is 17.9 Å². The van der Waals surface area contributed by atoms with Crippen molar-refractivity contribution in [2.75, 3.05) is 18.1 Å². The first-order chi connectivity index (χ1) is 12.9. The van der Waals surface area contributed by atoms with Gasteiger partial charge in [0.2, 0.25) is 0 Å². The standard InChI is InChI=1S/C20H24F3N3O/c1-3-27-19-9-10-24-13-18(19)26(17-8-11-25-14(2)12-17)16-6-4-15(5-7-16)20(21,22)23/h4-7,9-10,13-14,17,25H,3,8,11-12H2,1-2H3. The van der Waals surface area contributed by atoms with Crippen LogP contribution < -0.4 is 15.0 Å². The molecule has 1 aliphatic rings. The maximum atomic E-state index is 13.0. The van der Waals surface area contributed by atoms with Crippen molar-refractivity contribution in [3.05, 3.63) is 48.3 Å². The topological polar surface area (TPSA) is 37.4 Å². The largest absolute Gasteiger partial charge is 0.492 e. The fraction of sp³-hybridized carbons (Fsp3) is 0.450. The molecule has 4 nitrogen and oxygen atoms in total. The van der Waals surface area contributed by atoms with E-state index < -0.39 is 11.7 Å². The number of benzene rings is 1. The minimum absolute atomic E-state index is 0.140. The van der Waals surface area contributed by atoms with E-state index in [2.05, 4.69) is 22.1 Å². The third kappa shape index (κ3) is 4.53. The van der Waals surface area contributed by atoms with Crippen molar-refractivity contribution in [3.63, 3.8) is 0 Å². The lowest BCUT2D eigenvalue weighted by Crippen LogP contribution is -2.45. The van der Waals surface area contributed by atoms with Crippen molar-refractivity contribution in [1.82, 2.24) is 10.3 Å². The van der Waals surface area contributed by atoms with Crippen LogP contribution >= 0.6 is 0 Å². The molecule has 3 rings (SSSR count). The van der Waals surface area contributed by atoms with Crippen molar-refractivity contribution in [2.45, 2.75) is 44.9 Å². The van der Waals surface area contributed by atoms with Gasteiger partial charge in [-0.3, -0.25) is 4.98 Å². The number of piperidine rings is 1. The molecule has 2 aromatic rings. The molecule has 7 heteroatoms. The zero-order valence-corrected chi connectivity index (χ0v) is 15.5. The first-order valence-electron chi connectivity index (χ1n) is 9.17. The van der Waals surface area contributed by atoms with Gasteiger partial charge in [0.15, 0.2) is 0 Å². The van der Waals surface area contributed by atoms with Gasteiger partial charge >= 0.3 is 6.18 Å². The molecular formula is C20H24F3N3O. The molecule has 1 aromatic carbocycles. The Bertz CT molecular complexity index is 749. The molecule has 2 heterocycles. The summed E-state index contributed by atoms with van der Waals surface area (Å²) in [6.45, 7) is 5.37. The summed E-state index contributed by atoms with van der Waals surface area (Å²) in [5.74, 6) is 0.679. The lowest BCUT2D eigenvalue weighted by molar-refractivity contribution is -0.137. The van der Waals surface area contributed by atoms with E-state index in [0.717, 1.165) is 37.2 Å². The average Bonchev–Trinajstić information content (AvgIpc) is 2.63. The Hall–Kier alpha value is -2.28. The van der Waals surface area contributed by atoms with Crippen LogP contribution in [0, 0.1) is 0 Å². The number of pyridine rings is 1. The summed E-state index contributed by atoms with van der Waals surface area (Å²) in [5.41, 5.74) is 0.829. The Morgan fingerprint density at radius 1 is 1.22 bits per heavy atom. The first kappa shape index (κ1) is 19.5. The summed E-state index contributed by atoms with van der Waals surface area (Å²) in [4.78, 5) is 6.29. The lowest BCUT2D eigenvalue weighted by Gasteiger charge is -2.39.